The molecule has 0 aliphatic rings. The summed E-state index contributed by atoms with van der Waals surface area (Å²) in [6, 6.07) is 0. The van der Waals surface area contributed by atoms with E-state index in [-0.39, 0.29) is 19.6 Å². The molecule has 0 aliphatic heterocycles. The fourth-order valence-electron chi connectivity index (χ4n) is 5.28. The van der Waals surface area contributed by atoms with Gasteiger partial charge in [0.1, 0.15) is 19.8 Å². The van der Waals surface area contributed by atoms with Crippen molar-refractivity contribution in [2.75, 3.05) is 47.5 Å². The molecule has 0 bridgehead atoms. The van der Waals surface area contributed by atoms with Crippen LogP contribution in [0.4, 0.5) is 0 Å². The van der Waals surface area contributed by atoms with Gasteiger partial charge in [-0.1, -0.05) is 146 Å². The molecule has 10 heteroatoms. The summed E-state index contributed by atoms with van der Waals surface area (Å²) >= 11 is 0. The van der Waals surface area contributed by atoms with Crippen molar-refractivity contribution < 1.29 is 42.1 Å². The Bertz CT molecular complexity index is 1110. The van der Waals surface area contributed by atoms with E-state index in [0.29, 0.717) is 17.4 Å². The molecule has 0 saturated carbocycles. The topological polar surface area (TPSA) is 108 Å². The summed E-state index contributed by atoms with van der Waals surface area (Å²) < 4.78 is 34.0. The number of carbonyl (C=O) groups is 2. The number of allylic oxidation sites excluding steroid dienone is 9. The van der Waals surface area contributed by atoms with Gasteiger partial charge in [0.05, 0.1) is 27.7 Å². The molecule has 1 unspecified atom stereocenters. The Hall–Kier alpha value is -2.29. The van der Waals surface area contributed by atoms with Gasteiger partial charge in [-0.2, -0.15) is 0 Å². The zero-order valence-electron chi connectivity index (χ0n) is 34.9. The maximum Gasteiger partial charge on any atom is 0.472 e. The molecule has 0 aromatic carbocycles. The molecule has 0 aliphatic carbocycles. The summed E-state index contributed by atoms with van der Waals surface area (Å²) in [6.07, 6.45) is 43.4. The summed E-state index contributed by atoms with van der Waals surface area (Å²) in [7, 11) is 1.39. The molecule has 0 heterocycles. The maximum atomic E-state index is 12.6. The molecule has 312 valence electrons. The molecule has 1 N–H and O–H groups in total. The Morgan fingerprint density at radius 2 is 1.13 bits per heavy atom. The summed E-state index contributed by atoms with van der Waals surface area (Å²) in [5.74, 6) is -1.10. The molecule has 0 fully saturated rings. The lowest BCUT2D eigenvalue weighted by Crippen LogP contribution is -2.37. The van der Waals surface area contributed by atoms with E-state index in [1.165, 1.54) is 89.5 Å². The third-order valence-corrected chi connectivity index (χ3v) is 9.61. The first-order chi connectivity index (χ1) is 26.0. The van der Waals surface area contributed by atoms with E-state index in [1.54, 1.807) is 6.08 Å². The molecular formula is C44H79NO8P+. The number of hydrogen-bond acceptors (Lipinski definition) is 7. The number of phosphoric acid groups is 1. The van der Waals surface area contributed by atoms with Crippen LogP contribution < -0.4 is 0 Å². The van der Waals surface area contributed by atoms with E-state index in [9.17, 15) is 19.0 Å². The Morgan fingerprint density at radius 3 is 1.72 bits per heavy atom. The number of ether oxygens (including phenoxy) is 2. The first kappa shape index (κ1) is 51.7. The Balaban J connectivity index is 4.57. The van der Waals surface area contributed by atoms with E-state index in [1.807, 2.05) is 33.3 Å². The number of quaternary nitrogens is 1. The number of likely N-dealkylation sites (N-methyl/N-ethyl adjacent to an activating group) is 1. The van der Waals surface area contributed by atoms with E-state index in [4.69, 9.17) is 18.5 Å². The lowest BCUT2D eigenvalue weighted by molar-refractivity contribution is -0.870. The fraction of sp³-hybridized carbons (Fsp3) is 0.727. The number of carbonyl (C=O) groups excluding carboxylic acids is 2. The van der Waals surface area contributed by atoms with Crippen molar-refractivity contribution in [2.24, 2.45) is 0 Å². The van der Waals surface area contributed by atoms with Gasteiger partial charge >= 0.3 is 19.8 Å². The Kier molecular flexibility index (Phi) is 34.8. The normalized spacial score (nSPS) is 14.3. The number of unbranched alkanes of at least 4 members (excludes halogenated alkanes) is 16. The lowest BCUT2D eigenvalue weighted by Gasteiger charge is -2.24. The number of nitrogens with zero attached hydrogens (tertiary/aromatic N) is 1. The SMILES string of the molecule is CCCCC/C=C/C/C=C/C/C=C/CCCCC(=O)OC[C@H](COP(=O)(O)OCC[N+](C)(C)C)OC(=O)/C=C/C=C/CCCCCCCCCCCCC. The maximum absolute atomic E-state index is 12.6. The number of hydrogen-bond donors (Lipinski definition) is 1. The van der Waals surface area contributed by atoms with Crippen LogP contribution in [0.25, 0.3) is 0 Å². The van der Waals surface area contributed by atoms with E-state index < -0.39 is 32.5 Å². The van der Waals surface area contributed by atoms with Crippen LogP contribution in [0.2, 0.25) is 0 Å². The van der Waals surface area contributed by atoms with Crippen LogP contribution in [0.5, 0.6) is 0 Å². The first-order valence-electron chi connectivity index (χ1n) is 21.1. The summed E-state index contributed by atoms with van der Waals surface area (Å²) in [5, 5.41) is 0. The van der Waals surface area contributed by atoms with Gasteiger partial charge in [-0.15, -0.1) is 0 Å². The molecule has 0 amide bonds. The number of esters is 2. The van der Waals surface area contributed by atoms with Crippen molar-refractivity contribution in [3.63, 3.8) is 0 Å². The molecule has 9 nitrogen and oxygen atoms in total. The fourth-order valence-corrected chi connectivity index (χ4v) is 6.02. The predicted octanol–water partition coefficient (Wildman–Crippen LogP) is 11.7. The molecule has 2 atom stereocenters. The third-order valence-electron chi connectivity index (χ3n) is 8.63. The lowest BCUT2D eigenvalue weighted by atomic mass is 10.1. The average molecular weight is 781 g/mol. The van der Waals surface area contributed by atoms with Gasteiger partial charge < -0.3 is 18.9 Å². The van der Waals surface area contributed by atoms with Gasteiger partial charge in [0.15, 0.2) is 6.10 Å². The zero-order valence-corrected chi connectivity index (χ0v) is 35.8. The molecular weight excluding hydrogens is 701 g/mol. The second kappa shape index (κ2) is 36.4. The molecule has 0 spiro atoms. The smallest absolute Gasteiger partial charge is 0.462 e. The summed E-state index contributed by atoms with van der Waals surface area (Å²) in [4.78, 5) is 35.1. The highest BCUT2D eigenvalue weighted by molar-refractivity contribution is 7.47. The van der Waals surface area contributed by atoms with E-state index >= 15 is 0 Å². The van der Waals surface area contributed by atoms with Crippen molar-refractivity contribution in [2.45, 2.75) is 161 Å². The Labute approximate surface area is 330 Å². The van der Waals surface area contributed by atoms with E-state index in [0.717, 1.165) is 44.9 Å². The molecule has 0 saturated heterocycles. The van der Waals surface area contributed by atoms with Crippen LogP contribution >= 0.6 is 7.82 Å². The van der Waals surface area contributed by atoms with Crippen LogP contribution in [0.15, 0.2) is 60.8 Å². The minimum Gasteiger partial charge on any atom is -0.462 e. The van der Waals surface area contributed by atoms with Gasteiger partial charge in [0.25, 0.3) is 0 Å². The average Bonchev–Trinajstić information content (AvgIpc) is 3.12. The van der Waals surface area contributed by atoms with Crippen molar-refractivity contribution in [1.82, 2.24) is 0 Å². The number of phosphoric ester groups is 1. The van der Waals surface area contributed by atoms with Crippen LogP contribution in [0.3, 0.4) is 0 Å². The second-order valence-electron chi connectivity index (χ2n) is 15.1. The van der Waals surface area contributed by atoms with Crippen molar-refractivity contribution in [3.8, 4) is 0 Å². The van der Waals surface area contributed by atoms with Gasteiger partial charge in [-0.25, -0.2) is 9.36 Å². The zero-order chi connectivity index (χ0) is 40.0. The van der Waals surface area contributed by atoms with Crippen LogP contribution in [-0.2, 0) is 32.7 Å². The third kappa shape index (κ3) is 39.4. The van der Waals surface area contributed by atoms with Crippen molar-refractivity contribution in [1.29, 1.82) is 0 Å². The highest BCUT2D eigenvalue weighted by Gasteiger charge is 2.26. The number of rotatable bonds is 37. The monoisotopic (exact) mass is 781 g/mol. The van der Waals surface area contributed by atoms with Crippen LogP contribution in [0, 0.1) is 0 Å². The van der Waals surface area contributed by atoms with Crippen molar-refractivity contribution in [3.05, 3.63) is 60.8 Å². The molecule has 0 aromatic rings. The molecule has 0 rings (SSSR count). The van der Waals surface area contributed by atoms with Crippen molar-refractivity contribution >= 4 is 19.8 Å². The summed E-state index contributed by atoms with van der Waals surface area (Å²) in [6.45, 7) is 4.20. The molecule has 54 heavy (non-hydrogen) atoms. The van der Waals surface area contributed by atoms with Gasteiger partial charge in [0.2, 0.25) is 0 Å². The molecule has 0 radical (unpaired) electrons. The van der Waals surface area contributed by atoms with Crippen LogP contribution in [0.1, 0.15) is 155 Å². The molecule has 0 aromatic heterocycles. The predicted molar refractivity (Wildman–Crippen MR) is 224 cm³/mol. The summed E-state index contributed by atoms with van der Waals surface area (Å²) in [5.41, 5.74) is 0. The van der Waals surface area contributed by atoms with Gasteiger partial charge in [-0.05, 0) is 57.8 Å². The highest BCUT2D eigenvalue weighted by Crippen LogP contribution is 2.43. The first-order valence-corrected chi connectivity index (χ1v) is 22.5. The largest absolute Gasteiger partial charge is 0.472 e. The van der Waals surface area contributed by atoms with E-state index in [2.05, 4.69) is 50.3 Å². The Morgan fingerprint density at radius 1 is 0.630 bits per heavy atom. The standard InChI is InChI=1S/C44H78NO8P/c1-6-8-10-12-14-16-18-20-22-24-26-28-30-32-34-36-43(46)50-40-42(41-52-54(48,49)51-39-38-45(3,4)5)53-44(47)37-35-33-31-29-27-25-23-21-19-17-15-13-11-9-7-2/h14,16,20,22,26,28,31,33,35,37,42H,6-13,15,17-19,21,23-25,27,29-30,32,34,36,38-41H2,1-5H3/p+1/b16-14+,22-20+,28-26+,33-31+,37-35+/t42-/m1/s1. The quantitative estimate of drug-likeness (QED) is 0.0126. The minimum atomic E-state index is -4.41. The highest BCUT2D eigenvalue weighted by atomic mass is 31.2. The van der Waals surface area contributed by atoms with Crippen LogP contribution in [-0.4, -0.2) is 74.9 Å². The van der Waals surface area contributed by atoms with Gasteiger partial charge in [-0.3, -0.25) is 13.8 Å². The van der Waals surface area contributed by atoms with Gasteiger partial charge in [0, 0.05) is 12.5 Å². The second-order valence-corrected chi connectivity index (χ2v) is 16.5. The minimum absolute atomic E-state index is 0.00766.